The molecule has 5 nitrogen and oxygen atoms in total. The predicted molar refractivity (Wildman–Crippen MR) is 87.6 cm³/mol. The molecule has 116 valence electrons. The van der Waals surface area contributed by atoms with Crippen molar-refractivity contribution in [1.82, 2.24) is 14.6 Å². The molecule has 0 bridgehead atoms. The van der Waals surface area contributed by atoms with Crippen molar-refractivity contribution in [3.8, 4) is 0 Å². The zero-order valence-corrected chi connectivity index (χ0v) is 13.7. The molecule has 2 aromatic heterocycles. The third-order valence-electron chi connectivity index (χ3n) is 3.46. The highest BCUT2D eigenvalue weighted by atomic mass is 15.2. The molecule has 0 aliphatic rings. The molecule has 0 spiro atoms. The molecule has 2 rings (SSSR count). The van der Waals surface area contributed by atoms with E-state index in [1.807, 2.05) is 10.7 Å². The van der Waals surface area contributed by atoms with Crippen LogP contribution in [0.4, 0.5) is 5.82 Å². The van der Waals surface area contributed by atoms with Gasteiger partial charge in [-0.05, 0) is 18.4 Å². The van der Waals surface area contributed by atoms with Crippen LogP contribution in [-0.2, 0) is 5.41 Å². The summed E-state index contributed by atoms with van der Waals surface area (Å²) in [6, 6.07) is 2.24. The summed E-state index contributed by atoms with van der Waals surface area (Å²) in [7, 11) is 0. The molecule has 0 radical (unpaired) electrons. The quantitative estimate of drug-likeness (QED) is 0.888. The largest absolute Gasteiger partial charge is 0.367 e. The van der Waals surface area contributed by atoms with E-state index in [0.717, 1.165) is 30.0 Å². The van der Waals surface area contributed by atoms with E-state index in [2.05, 4.69) is 56.1 Å². The van der Waals surface area contributed by atoms with E-state index < -0.39 is 0 Å². The number of hydrogen-bond acceptors (Lipinski definition) is 4. The SMILES string of the molecule is CC(C)CC(N)CNc1nccn2nc(C(C)(C)C)cc12. The minimum absolute atomic E-state index is 0.0251. The van der Waals surface area contributed by atoms with Crippen molar-refractivity contribution in [3.05, 3.63) is 24.2 Å². The Labute approximate surface area is 126 Å². The van der Waals surface area contributed by atoms with Gasteiger partial charge in [-0.2, -0.15) is 5.10 Å². The summed E-state index contributed by atoms with van der Waals surface area (Å²) < 4.78 is 1.88. The molecule has 0 aliphatic heterocycles. The second kappa shape index (κ2) is 6.02. The summed E-state index contributed by atoms with van der Waals surface area (Å²) >= 11 is 0. The van der Waals surface area contributed by atoms with Gasteiger partial charge in [-0.3, -0.25) is 0 Å². The number of hydrogen-bond donors (Lipinski definition) is 2. The Morgan fingerprint density at radius 1 is 1.33 bits per heavy atom. The van der Waals surface area contributed by atoms with E-state index >= 15 is 0 Å². The summed E-state index contributed by atoms with van der Waals surface area (Å²) in [6.07, 6.45) is 4.65. The predicted octanol–water partition coefficient (Wildman–Crippen LogP) is 2.81. The van der Waals surface area contributed by atoms with Crippen molar-refractivity contribution in [1.29, 1.82) is 0 Å². The molecule has 0 fully saturated rings. The van der Waals surface area contributed by atoms with Crippen LogP contribution in [0.25, 0.3) is 5.52 Å². The van der Waals surface area contributed by atoms with Crippen LogP contribution in [0.1, 0.15) is 46.7 Å². The van der Waals surface area contributed by atoms with Crippen molar-refractivity contribution in [3.63, 3.8) is 0 Å². The molecule has 5 heteroatoms. The van der Waals surface area contributed by atoms with Crippen molar-refractivity contribution in [2.75, 3.05) is 11.9 Å². The summed E-state index contributed by atoms with van der Waals surface area (Å²) in [5, 5.41) is 7.99. The molecule has 0 aromatic carbocycles. The third kappa shape index (κ3) is 3.94. The van der Waals surface area contributed by atoms with Gasteiger partial charge in [-0.25, -0.2) is 9.50 Å². The molecular weight excluding hydrogens is 262 g/mol. The minimum atomic E-state index is 0.0251. The van der Waals surface area contributed by atoms with Crippen molar-refractivity contribution in [2.24, 2.45) is 11.7 Å². The normalized spacial score (nSPS) is 13.9. The molecule has 0 saturated heterocycles. The van der Waals surface area contributed by atoms with Crippen LogP contribution in [-0.4, -0.2) is 27.2 Å². The lowest BCUT2D eigenvalue weighted by atomic mass is 9.92. The zero-order valence-electron chi connectivity index (χ0n) is 13.7. The summed E-state index contributed by atoms with van der Waals surface area (Å²) in [6.45, 7) is 11.6. The van der Waals surface area contributed by atoms with Crippen molar-refractivity contribution < 1.29 is 0 Å². The number of nitrogens with zero attached hydrogens (tertiary/aromatic N) is 3. The lowest BCUT2D eigenvalue weighted by Crippen LogP contribution is -2.30. The van der Waals surface area contributed by atoms with E-state index in [4.69, 9.17) is 5.73 Å². The van der Waals surface area contributed by atoms with Crippen LogP contribution in [0.5, 0.6) is 0 Å². The molecule has 0 amide bonds. The third-order valence-corrected chi connectivity index (χ3v) is 3.46. The molecule has 0 saturated carbocycles. The molecule has 2 aromatic rings. The van der Waals surface area contributed by atoms with E-state index in [1.165, 1.54) is 0 Å². The van der Waals surface area contributed by atoms with Crippen molar-refractivity contribution >= 4 is 11.3 Å². The first-order valence-corrected chi connectivity index (χ1v) is 7.61. The maximum Gasteiger partial charge on any atom is 0.152 e. The van der Waals surface area contributed by atoms with Gasteiger partial charge in [-0.15, -0.1) is 0 Å². The zero-order chi connectivity index (χ0) is 15.6. The topological polar surface area (TPSA) is 68.2 Å². The van der Waals surface area contributed by atoms with Gasteiger partial charge in [0.25, 0.3) is 0 Å². The van der Waals surface area contributed by atoms with Gasteiger partial charge < -0.3 is 11.1 Å². The van der Waals surface area contributed by atoms with Crippen LogP contribution >= 0.6 is 0 Å². The van der Waals surface area contributed by atoms with Gasteiger partial charge in [0.15, 0.2) is 5.82 Å². The van der Waals surface area contributed by atoms with E-state index in [1.54, 1.807) is 6.20 Å². The first kappa shape index (κ1) is 15.8. The molecule has 21 heavy (non-hydrogen) atoms. The lowest BCUT2D eigenvalue weighted by Gasteiger charge is -2.15. The Balaban J connectivity index is 2.18. The first-order valence-electron chi connectivity index (χ1n) is 7.61. The standard InChI is InChI=1S/C16H27N5/c1-11(2)8-12(17)10-19-15-13-9-14(16(3,4)5)20-21(13)7-6-18-15/h6-7,9,11-12H,8,10,17H2,1-5H3,(H,18,19). The van der Waals surface area contributed by atoms with E-state index in [9.17, 15) is 0 Å². The van der Waals surface area contributed by atoms with Gasteiger partial charge in [0, 0.05) is 30.4 Å². The molecule has 1 atom stereocenters. The smallest absolute Gasteiger partial charge is 0.152 e. The fourth-order valence-corrected chi connectivity index (χ4v) is 2.34. The maximum atomic E-state index is 6.13. The molecular formula is C16H27N5. The fraction of sp³-hybridized carbons (Fsp3) is 0.625. The number of anilines is 1. The summed E-state index contributed by atoms with van der Waals surface area (Å²) in [4.78, 5) is 4.43. The Morgan fingerprint density at radius 3 is 2.67 bits per heavy atom. The molecule has 1 unspecified atom stereocenters. The number of rotatable bonds is 5. The van der Waals surface area contributed by atoms with Crippen LogP contribution in [0, 0.1) is 5.92 Å². The maximum absolute atomic E-state index is 6.13. The highest BCUT2D eigenvalue weighted by molar-refractivity contribution is 5.68. The van der Waals surface area contributed by atoms with Gasteiger partial charge in [-0.1, -0.05) is 34.6 Å². The van der Waals surface area contributed by atoms with Gasteiger partial charge in [0.2, 0.25) is 0 Å². The fourth-order valence-electron chi connectivity index (χ4n) is 2.34. The highest BCUT2D eigenvalue weighted by Gasteiger charge is 2.19. The van der Waals surface area contributed by atoms with E-state index in [0.29, 0.717) is 5.92 Å². The molecule has 3 N–H and O–H groups in total. The number of nitrogens with one attached hydrogen (secondary N) is 1. The molecule has 0 aliphatic carbocycles. The summed E-state index contributed by atoms with van der Waals surface area (Å²) in [5.74, 6) is 1.45. The van der Waals surface area contributed by atoms with Crippen LogP contribution < -0.4 is 11.1 Å². The monoisotopic (exact) mass is 289 g/mol. The first-order chi connectivity index (χ1) is 9.77. The Hall–Kier alpha value is -1.62. The average Bonchev–Trinajstić information content (AvgIpc) is 2.79. The van der Waals surface area contributed by atoms with Gasteiger partial charge in [0.1, 0.15) is 5.52 Å². The van der Waals surface area contributed by atoms with Gasteiger partial charge >= 0.3 is 0 Å². The van der Waals surface area contributed by atoms with Crippen molar-refractivity contribution in [2.45, 2.75) is 52.5 Å². The van der Waals surface area contributed by atoms with Gasteiger partial charge in [0.05, 0.1) is 5.69 Å². The summed E-state index contributed by atoms with van der Waals surface area (Å²) in [5.41, 5.74) is 8.21. The highest BCUT2D eigenvalue weighted by Crippen LogP contribution is 2.24. The number of aromatic nitrogens is 3. The van der Waals surface area contributed by atoms with Crippen LogP contribution in [0.2, 0.25) is 0 Å². The molecule has 2 heterocycles. The Morgan fingerprint density at radius 2 is 2.05 bits per heavy atom. The second-order valence-electron chi connectivity index (χ2n) is 7.16. The Bertz CT molecular complexity index is 594. The van der Waals surface area contributed by atoms with Crippen LogP contribution in [0.15, 0.2) is 18.5 Å². The second-order valence-corrected chi connectivity index (χ2v) is 7.16. The minimum Gasteiger partial charge on any atom is -0.367 e. The van der Waals surface area contributed by atoms with E-state index in [-0.39, 0.29) is 11.5 Å². The lowest BCUT2D eigenvalue weighted by molar-refractivity contribution is 0.508. The number of nitrogens with two attached hydrogens (primary N) is 1. The van der Waals surface area contributed by atoms with Crippen LogP contribution in [0.3, 0.4) is 0 Å². The Kier molecular flexibility index (Phi) is 4.52. The average molecular weight is 289 g/mol. The number of fused-ring (bicyclic) bond motifs is 1.